The summed E-state index contributed by atoms with van der Waals surface area (Å²) in [6.07, 6.45) is 1.07. The van der Waals surface area contributed by atoms with Crippen LogP contribution in [0.3, 0.4) is 0 Å². The second kappa shape index (κ2) is 3.56. The van der Waals surface area contributed by atoms with Crippen molar-refractivity contribution in [3.63, 3.8) is 0 Å². The average Bonchev–Trinajstić information content (AvgIpc) is 2.66. The van der Waals surface area contributed by atoms with Gasteiger partial charge in [0.1, 0.15) is 6.29 Å². The van der Waals surface area contributed by atoms with Crippen molar-refractivity contribution in [1.82, 2.24) is 0 Å². The first-order valence-corrected chi connectivity index (χ1v) is 5.88. The highest BCUT2D eigenvalue weighted by atomic mass is 16.1. The Morgan fingerprint density at radius 2 is 1.35 bits per heavy atom. The smallest absolute Gasteiger partial charge is 0.131 e. The van der Waals surface area contributed by atoms with E-state index in [4.69, 9.17) is 0 Å². The van der Waals surface area contributed by atoms with Crippen molar-refractivity contribution in [2.75, 3.05) is 0 Å². The van der Waals surface area contributed by atoms with Gasteiger partial charge in [0, 0.05) is 0 Å². The van der Waals surface area contributed by atoms with Crippen molar-refractivity contribution >= 4 is 6.29 Å². The van der Waals surface area contributed by atoms with Crippen LogP contribution in [-0.4, -0.2) is 6.29 Å². The molecule has 0 saturated carbocycles. The highest BCUT2D eigenvalue weighted by molar-refractivity contribution is 5.89. The van der Waals surface area contributed by atoms with E-state index >= 15 is 0 Å². The van der Waals surface area contributed by atoms with Crippen molar-refractivity contribution in [1.29, 1.82) is 0 Å². The van der Waals surface area contributed by atoms with Crippen LogP contribution in [0.4, 0.5) is 0 Å². The molecular formula is C16H14O. The van der Waals surface area contributed by atoms with Gasteiger partial charge in [-0.3, -0.25) is 0 Å². The quantitative estimate of drug-likeness (QED) is 0.673. The van der Waals surface area contributed by atoms with Crippen LogP contribution in [0.25, 0.3) is 11.1 Å². The lowest BCUT2D eigenvalue weighted by Crippen LogP contribution is -2.01. The maximum Gasteiger partial charge on any atom is 0.131 e. The summed E-state index contributed by atoms with van der Waals surface area (Å²) >= 11 is 0. The first-order chi connectivity index (χ1) is 8.24. The molecule has 1 aliphatic carbocycles. The molecule has 2 aromatic rings. The fourth-order valence-electron chi connectivity index (χ4n) is 2.94. The van der Waals surface area contributed by atoms with Crippen LogP contribution < -0.4 is 0 Å². The first-order valence-electron chi connectivity index (χ1n) is 5.88. The summed E-state index contributed by atoms with van der Waals surface area (Å²) in [7, 11) is 0. The molecule has 0 atom stereocenters. The monoisotopic (exact) mass is 222 g/mol. The third kappa shape index (κ3) is 1.29. The number of hydrogen-bond acceptors (Lipinski definition) is 1. The average molecular weight is 222 g/mol. The zero-order chi connectivity index (χ0) is 12.0. The Balaban J connectivity index is 2.41. The Labute approximate surface area is 101 Å². The lowest BCUT2D eigenvalue weighted by Gasteiger charge is -2.09. The second-order valence-corrected chi connectivity index (χ2v) is 4.69. The zero-order valence-corrected chi connectivity index (χ0v) is 10.0. The fraction of sp³-hybridized carbons (Fsp3) is 0.188. The minimum absolute atomic E-state index is 0.0811. The molecule has 0 aromatic heterocycles. The van der Waals surface area contributed by atoms with Crippen LogP contribution >= 0.6 is 0 Å². The minimum Gasteiger partial charge on any atom is -0.302 e. The van der Waals surface area contributed by atoms with Crippen LogP contribution in [0.5, 0.6) is 0 Å². The number of aryl methyl sites for hydroxylation is 2. The molecule has 1 aliphatic rings. The molecule has 0 amide bonds. The van der Waals surface area contributed by atoms with Gasteiger partial charge >= 0.3 is 0 Å². The van der Waals surface area contributed by atoms with Gasteiger partial charge in [-0.25, -0.2) is 0 Å². The molecule has 0 N–H and O–H groups in total. The van der Waals surface area contributed by atoms with E-state index in [1.807, 2.05) is 0 Å². The van der Waals surface area contributed by atoms with Crippen LogP contribution in [0, 0.1) is 13.8 Å². The van der Waals surface area contributed by atoms with Gasteiger partial charge in [-0.2, -0.15) is 0 Å². The lowest BCUT2D eigenvalue weighted by atomic mass is 9.93. The first kappa shape index (κ1) is 10.3. The van der Waals surface area contributed by atoms with Gasteiger partial charge in [-0.1, -0.05) is 36.4 Å². The highest BCUT2D eigenvalue weighted by Crippen LogP contribution is 2.46. The molecule has 0 heterocycles. The molecule has 0 spiro atoms. The summed E-state index contributed by atoms with van der Waals surface area (Å²) in [5.74, 6) is -0.0811. The predicted molar refractivity (Wildman–Crippen MR) is 69.3 cm³/mol. The normalized spacial score (nSPS) is 13.3. The summed E-state index contributed by atoms with van der Waals surface area (Å²) < 4.78 is 0. The van der Waals surface area contributed by atoms with Gasteiger partial charge in [0.15, 0.2) is 0 Å². The van der Waals surface area contributed by atoms with E-state index in [0.29, 0.717) is 0 Å². The number of hydrogen-bond donors (Lipinski definition) is 0. The SMILES string of the molecule is Cc1cccc2c1C(C=O)c1c(C)cccc1-2. The number of fused-ring (bicyclic) bond motifs is 3. The molecule has 0 unspecified atom stereocenters. The standard InChI is InChI=1S/C16H14O/c1-10-5-3-7-12-13-8-4-6-11(2)16(13)14(9-17)15(10)12/h3-9,14H,1-2H3. The van der Waals surface area contributed by atoms with E-state index in [9.17, 15) is 4.79 Å². The maximum absolute atomic E-state index is 11.4. The molecule has 0 radical (unpaired) electrons. The van der Waals surface area contributed by atoms with Crippen LogP contribution in [0.2, 0.25) is 0 Å². The Morgan fingerprint density at radius 3 is 1.76 bits per heavy atom. The summed E-state index contributed by atoms with van der Waals surface area (Å²) in [6.45, 7) is 4.16. The van der Waals surface area contributed by atoms with Crippen LogP contribution in [0.15, 0.2) is 36.4 Å². The Hall–Kier alpha value is -1.89. The number of rotatable bonds is 1. The molecular weight excluding hydrogens is 208 g/mol. The zero-order valence-electron chi connectivity index (χ0n) is 10.0. The van der Waals surface area contributed by atoms with Crippen molar-refractivity contribution in [3.8, 4) is 11.1 Å². The molecule has 3 rings (SSSR count). The number of carbonyl (C=O) groups is 1. The Morgan fingerprint density at radius 1 is 0.882 bits per heavy atom. The third-order valence-corrected chi connectivity index (χ3v) is 3.70. The van der Waals surface area contributed by atoms with Crippen LogP contribution in [0.1, 0.15) is 28.2 Å². The molecule has 84 valence electrons. The van der Waals surface area contributed by atoms with Crippen molar-refractivity contribution in [2.24, 2.45) is 0 Å². The van der Waals surface area contributed by atoms with Gasteiger partial charge in [0.25, 0.3) is 0 Å². The lowest BCUT2D eigenvalue weighted by molar-refractivity contribution is -0.108. The summed E-state index contributed by atoms with van der Waals surface area (Å²) in [4.78, 5) is 11.4. The summed E-state index contributed by atoms with van der Waals surface area (Å²) in [5, 5.41) is 0. The molecule has 0 bridgehead atoms. The van der Waals surface area contributed by atoms with Gasteiger partial charge in [0.05, 0.1) is 5.92 Å². The molecule has 0 aliphatic heterocycles. The van der Waals surface area contributed by atoms with Gasteiger partial charge in [-0.05, 0) is 47.2 Å². The van der Waals surface area contributed by atoms with E-state index in [-0.39, 0.29) is 5.92 Å². The van der Waals surface area contributed by atoms with E-state index in [1.165, 1.54) is 33.4 Å². The van der Waals surface area contributed by atoms with E-state index in [1.54, 1.807) is 0 Å². The molecule has 1 heteroatoms. The highest BCUT2D eigenvalue weighted by Gasteiger charge is 2.30. The van der Waals surface area contributed by atoms with Crippen molar-refractivity contribution in [3.05, 3.63) is 58.7 Å². The fourth-order valence-corrected chi connectivity index (χ4v) is 2.94. The minimum atomic E-state index is -0.0811. The largest absolute Gasteiger partial charge is 0.302 e. The van der Waals surface area contributed by atoms with E-state index in [0.717, 1.165) is 6.29 Å². The summed E-state index contributed by atoms with van der Waals surface area (Å²) in [6, 6.07) is 12.5. The maximum atomic E-state index is 11.4. The number of carbonyl (C=O) groups excluding carboxylic acids is 1. The number of benzene rings is 2. The Bertz CT molecular complexity index is 559. The number of aldehydes is 1. The van der Waals surface area contributed by atoms with Gasteiger partial charge in [-0.15, -0.1) is 0 Å². The van der Waals surface area contributed by atoms with Crippen LogP contribution in [-0.2, 0) is 4.79 Å². The van der Waals surface area contributed by atoms with E-state index < -0.39 is 0 Å². The van der Waals surface area contributed by atoms with Gasteiger partial charge < -0.3 is 4.79 Å². The molecule has 17 heavy (non-hydrogen) atoms. The molecule has 0 saturated heterocycles. The Kier molecular flexibility index (Phi) is 2.15. The van der Waals surface area contributed by atoms with Crippen molar-refractivity contribution < 1.29 is 4.79 Å². The van der Waals surface area contributed by atoms with Gasteiger partial charge in [0.2, 0.25) is 0 Å². The summed E-state index contributed by atoms with van der Waals surface area (Å²) in [5.41, 5.74) is 7.23. The molecule has 2 aromatic carbocycles. The predicted octanol–water partition coefficient (Wildman–Crippen LogP) is 3.61. The molecule has 0 fully saturated rings. The third-order valence-electron chi connectivity index (χ3n) is 3.70. The van der Waals surface area contributed by atoms with Crippen molar-refractivity contribution in [2.45, 2.75) is 19.8 Å². The van der Waals surface area contributed by atoms with E-state index in [2.05, 4.69) is 50.2 Å². The second-order valence-electron chi connectivity index (χ2n) is 4.69. The topological polar surface area (TPSA) is 17.1 Å². The molecule has 1 nitrogen and oxygen atoms in total.